The van der Waals surface area contributed by atoms with Gasteiger partial charge in [0.25, 0.3) is 0 Å². The molecule has 218 valence electrons. The molecule has 10 heteroatoms. The number of nitrogens with zero attached hydrogens (tertiary/aromatic N) is 1. The molecule has 3 heterocycles. The van der Waals surface area contributed by atoms with Crippen LogP contribution >= 0.6 is 0 Å². The van der Waals surface area contributed by atoms with Gasteiger partial charge in [-0.05, 0) is 49.2 Å². The van der Waals surface area contributed by atoms with Crippen molar-refractivity contribution in [2.75, 3.05) is 13.6 Å². The van der Waals surface area contributed by atoms with E-state index in [1.165, 1.54) is 4.90 Å². The molecule has 0 aliphatic carbocycles. The molecule has 2 aromatic rings. The van der Waals surface area contributed by atoms with Crippen LogP contribution in [0.5, 0.6) is 5.75 Å². The monoisotopic (exact) mass is 561 g/mol. The Morgan fingerprint density at radius 1 is 1.02 bits per heavy atom. The summed E-state index contributed by atoms with van der Waals surface area (Å²) in [6.07, 6.45) is 3.34. The Morgan fingerprint density at radius 3 is 2.39 bits per heavy atom. The molecule has 1 fully saturated rings. The molecule has 1 saturated heterocycles. The smallest absolute Gasteiger partial charge is 0.247 e. The minimum atomic E-state index is -1.01. The van der Waals surface area contributed by atoms with Gasteiger partial charge in [0.2, 0.25) is 23.6 Å². The predicted molar refractivity (Wildman–Crippen MR) is 156 cm³/mol. The van der Waals surface area contributed by atoms with Crippen LogP contribution in [0.15, 0.2) is 60.8 Å². The normalized spacial score (nSPS) is 22.2. The second-order valence-electron chi connectivity index (χ2n) is 10.8. The molecule has 0 saturated carbocycles. The number of likely N-dealkylation sites (N-methyl/N-ethyl adjacent to an activating group) is 1. The van der Waals surface area contributed by atoms with Crippen LogP contribution in [0.25, 0.3) is 6.08 Å². The number of carbonyl (C=O) groups is 4. The van der Waals surface area contributed by atoms with E-state index in [2.05, 4.69) is 21.3 Å². The third-order valence-electron chi connectivity index (χ3n) is 7.54. The zero-order valence-corrected chi connectivity index (χ0v) is 23.9. The highest BCUT2D eigenvalue weighted by atomic mass is 16.5. The lowest BCUT2D eigenvalue weighted by Crippen LogP contribution is -2.60. The topological polar surface area (TPSA) is 129 Å². The molecule has 4 N–H and O–H groups in total. The van der Waals surface area contributed by atoms with Gasteiger partial charge >= 0.3 is 0 Å². The van der Waals surface area contributed by atoms with Crippen molar-refractivity contribution in [1.29, 1.82) is 0 Å². The highest BCUT2D eigenvalue weighted by Gasteiger charge is 2.46. The van der Waals surface area contributed by atoms with Gasteiger partial charge in [-0.25, -0.2) is 0 Å². The fourth-order valence-corrected chi connectivity index (χ4v) is 5.02. The van der Waals surface area contributed by atoms with Gasteiger partial charge in [-0.1, -0.05) is 56.3 Å². The summed E-state index contributed by atoms with van der Waals surface area (Å²) in [6.45, 7) is 5.66. The van der Waals surface area contributed by atoms with E-state index >= 15 is 0 Å². The molecule has 41 heavy (non-hydrogen) atoms. The van der Waals surface area contributed by atoms with Crippen molar-refractivity contribution < 1.29 is 23.9 Å². The number of hydrogen-bond donors (Lipinski definition) is 4. The van der Waals surface area contributed by atoms with Gasteiger partial charge in [0.1, 0.15) is 30.0 Å². The summed E-state index contributed by atoms with van der Waals surface area (Å²) in [6, 6.07) is 13.5. The number of ether oxygens (including phenoxy) is 1. The predicted octanol–water partition coefficient (Wildman–Crippen LogP) is 1.61. The molecule has 3 aliphatic rings. The summed E-state index contributed by atoms with van der Waals surface area (Å²) < 4.78 is 6.27. The summed E-state index contributed by atoms with van der Waals surface area (Å²) in [4.78, 5) is 55.3. The number of rotatable bonds is 7. The summed E-state index contributed by atoms with van der Waals surface area (Å²) in [5.41, 5.74) is 1.74. The molecule has 2 aromatic carbocycles. The molecule has 10 nitrogen and oxygen atoms in total. The third-order valence-corrected chi connectivity index (χ3v) is 7.54. The fourth-order valence-electron chi connectivity index (χ4n) is 5.02. The number of benzene rings is 2. The number of hydrogen-bond acceptors (Lipinski definition) is 6. The van der Waals surface area contributed by atoms with Crippen molar-refractivity contribution in [2.24, 2.45) is 5.92 Å². The second-order valence-corrected chi connectivity index (χ2v) is 10.8. The fraction of sp³-hybridized carbons (Fsp3) is 0.419. The highest BCUT2D eigenvalue weighted by Crippen LogP contribution is 2.27. The van der Waals surface area contributed by atoms with E-state index in [0.29, 0.717) is 12.2 Å². The van der Waals surface area contributed by atoms with Crippen molar-refractivity contribution in [3.63, 3.8) is 0 Å². The Kier molecular flexibility index (Phi) is 9.78. The first-order chi connectivity index (χ1) is 19.7. The average molecular weight is 562 g/mol. The van der Waals surface area contributed by atoms with E-state index in [-0.39, 0.29) is 36.6 Å². The van der Waals surface area contributed by atoms with Crippen LogP contribution < -0.4 is 26.0 Å². The Hall–Kier alpha value is -4.18. The molecular weight excluding hydrogens is 522 g/mol. The lowest BCUT2D eigenvalue weighted by molar-refractivity contribution is -0.144. The first kappa shape index (κ1) is 29.8. The van der Waals surface area contributed by atoms with Gasteiger partial charge in [-0.15, -0.1) is 0 Å². The molecule has 0 aromatic heterocycles. The molecule has 5 atom stereocenters. The lowest BCUT2D eigenvalue weighted by atomic mass is 10.0. The van der Waals surface area contributed by atoms with E-state index in [1.54, 1.807) is 38.4 Å². The zero-order chi connectivity index (χ0) is 29.5. The van der Waals surface area contributed by atoms with Crippen molar-refractivity contribution in [1.82, 2.24) is 26.2 Å². The van der Waals surface area contributed by atoms with E-state index in [1.807, 2.05) is 56.3 Å². The minimum absolute atomic E-state index is 0.229. The molecule has 3 aliphatic heterocycles. The quantitative estimate of drug-likeness (QED) is 0.407. The maximum Gasteiger partial charge on any atom is 0.247 e. The van der Waals surface area contributed by atoms with Gasteiger partial charge in [0, 0.05) is 25.6 Å². The van der Waals surface area contributed by atoms with Crippen molar-refractivity contribution in [3.05, 3.63) is 71.9 Å². The summed E-state index contributed by atoms with van der Waals surface area (Å²) >= 11 is 0. The van der Waals surface area contributed by atoms with Crippen LogP contribution in [0.4, 0.5) is 0 Å². The molecular formula is C31H39N5O5. The van der Waals surface area contributed by atoms with E-state index in [0.717, 1.165) is 11.1 Å². The number of carbonyl (C=O) groups excluding carboxylic acids is 4. The van der Waals surface area contributed by atoms with Crippen molar-refractivity contribution in [2.45, 2.75) is 63.9 Å². The summed E-state index contributed by atoms with van der Waals surface area (Å²) in [5, 5.41) is 11.4. The number of likely N-dealkylation sites (tertiary alicyclic amines) is 1. The molecule has 5 rings (SSSR count). The Morgan fingerprint density at radius 2 is 1.73 bits per heavy atom. The summed E-state index contributed by atoms with van der Waals surface area (Å²) in [7, 11) is 1.67. The van der Waals surface area contributed by atoms with Gasteiger partial charge in [0.05, 0.1) is 6.04 Å². The zero-order valence-electron chi connectivity index (χ0n) is 23.9. The molecule has 0 spiro atoms. The Labute approximate surface area is 240 Å². The maximum atomic E-state index is 14.0. The first-order valence-corrected chi connectivity index (χ1v) is 14.0. The van der Waals surface area contributed by atoms with Gasteiger partial charge in [-0.3, -0.25) is 19.2 Å². The highest BCUT2D eigenvalue weighted by molar-refractivity contribution is 5.96. The lowest BCUT2D eigenvalue weighted by Gasteiger charge is -2.33. The van der Waals surface area contributed by atoms with E-state index in [4.69, 9.17) is 4.74 Å². The van der Waals surface area contributed by atoms with Crippen LogP contribution in [0.2, 0.25) is 0 Å². The summed E-state index contributed by atoms with van der Waals surface area (Å²) in [5.74, 6) is -1.22. The number of nitrogens with one attached hydrogen (secondary N) is 4. The third kappa shape index (κ3) is 7.32. The second kappa shape index (κ2) is 13.5. The maximum absolute atomic E-state index is 14.0. The van der Waals surface area contributed by atoms with Crippen LogP contribution in [0.3, 0.4) is 0 Å². The van der Waals surface area contributed by atoms with Gasteiger partial charge in [0.15, 0.2) is 0 Å². The van der Waals surface area contributed by atoms with Crippen LogP contribution in [-0.2, 0) is 25.6 Å². The molecule has 5 unspecified atom stereocenters. The number of fused-ring (bicyclic) bond motifs is 7. The SMILES string of the molecule is CNC(C)C(=O)NC(C(=O)N1CCC2Oc3ccc(cc3)C=CNC(=O)C(Cc3ccccc3)NC(=O)C21)C(C)C. The molecule has 2 bridgehead atoms. The van der Waals surface area contributed by atoms with Gasteiger partial charge in [-0.2, -0.15) is 0 Å². The average Bonchev–Trinajstić information content (AvgIpc) is 3.39. The van der Waals surface area contributed by atoms with Gasteiger partial charge < -0.3 is 30.9 Å². The molecule has 0 radical (unpaired) electrons. The largest absolute Gasteiger partial charge is 0.488 e. The Bertz CT molecular complexity index is 1260. The van der Waals surface area contributed by atoms with E-state index in [9.17, 15) is 19.2 Å². The van der Waals surface area contributed by atoms with Crippen molar-refractivity contribution >= 4 is 29.7 Å². The van der Waals surface area contributed by atoms with Crippen LogP contribution in [-0.4, -0.2) is 72.4 Å². The minimum Gasteiger partial charge on any atom is -0.488 e. The Balaban J connectivity index is 1.67. The number of amides is 4. The first-order valence-electron chi connectivity index (χ1n) is 14.0. The van der Waals surface area contributed by atoms with Crippen LogP contribution in [0.1, 0.15) is 38.3 Å². The van der Waals surface area contributed by atoms with Crippen LogP contribution in [0, 0.1) is 5.92 Å². The standard InChI is InChI=1S/C31H39N5O5/c1-19(2)26(35-28(37)20(3)32-4)31(40)36-17-15-25-27(36)30(39)34-24(18-22-8-6-5-7-9-22)29(38)33-16-14-21-10-12-23(41-25)13-11-21/h5-14,16,19-20,24-27,32H,15,17-18H2,1-4H3,(H,33,38)(H,34,39)(H,35,37). The van der Waals surface area contributed by atoms with Crippen molar-refractivity contribution in [3.8, 4) is 5.75 Å². The molecule has 4 amide bonds. The van der Waals surface area contributed by atoms with E-state index < -0.39 is 36.2 Å².